The lowest BCUT2D eigenvalue weighted by Crippen LogP contribution is -2.38. The van der Waals surface area contributed by atoms with Crippen molar-refractivity contribution >= 4 is 58.1 Å². The molecule has 0 fully saturated rings. The third kappa shape index (κ3) is 5.14. The van der Waals surface area contributed by atoms with Crippen LogP contribution in [-0.4, -0.2) is 20.4 Å². The van der Waals surface area contributed by atoms with Gasteiger partial charge in [-0.1, -0.05) is 52.5 Å². The average molecular weight is 468 g/mol. The summed E-state index contributed by atoms with van der Waals surface area (Å²) in [7, 11) is 0. The van der Waals surface area contributed by atoms with Crippen LogP contribution < -0.4 is 5.73 Å². The van der Waals surface area contributed by atoms with Gasteiger partial charge in [0.15, 0.2) is 6.19 Å². The minimum atomic E-state index is -0.569. The van der Waals surface area contributed by atoms with E-state index in [4.69, 9.17) is 52.1 Å². The first kappa shape index (κ1) is 21.3. The first-order valence-corrected chi connectivity index (χ1v) is 9.79. The van der Waals surface area contributed by atoms with Gasteiger partial charge in [-0.2, -0.15) is 5.26 Å². The molecule has 3 rings (SSSR count). The second-order valence-corrected chi connectivity index (χ2v) is 7.66. The first-order valence-electron chi connectivity index (χ1n) is 8.28. The smallest absolute Gasteiger partial charge is 0.210 e. The number of benzene rings is 2. The van der Waals surface area contributed by atoms with Crippen molar-refractivity contribution < 1.29 is 0 Å². The van der Waals surface area contributed by atoms with E-state index < -0.39 is 6.04 Å². The fourth-order valence-corrected chi connectivity index (χ4v) is 3.58. The van der Waals surface area contributed by atoms with Crippen molar-refractivity contribution in [1.29, 1.82) is 5.26 Å². The van der Waals surface area contributed by atoms with E-state index in [2.05, 4.69) is 16.2 Å². The van der Waals surface area contributed by atoms with Gasteiger partial charge in [-0.3, -0.25) is 0 Å². The Balaban J connectivity index is 2.05. The molecule has 0 aliphatic carbocycles. The molecule has 0 saturated carbocycles. The molecule has 3 aromatic rings. The minimum absolute atomic E-state index is 0.0622. The highest BCUT2D eigenvalue weighted by atomic mass is 35.5. The monoisotopic (exact) mass is 466 g/mol. The molecule has 0 radical (unpaired) electrons. The summed E-state index contributed by atoms with van der Waals surface area (Å²) in [5.74, 6) is -0.0622. The van der Waals surface area contributed by atoms with Crippen LogP contribution in [0.2, 0.25) is 20.1 Å². The number of nitrogens with two attached hydrogens (primary N) is 1. The molecule has 0 aliphatic heterocycles. The van der Waals surface area contributed by atoms with Crippen LogP contribution in [0.1, 0.15) is 11.6 Å². The van der Waals surface area contributed by atoms with Crippen LogP contribution in [-0.2, 0) is 6.54 Å². The normalized spacial score (nSPS) is 12.4. The molecule has 2 N–H and O–H groups in total. The molecule has 1 atom stereocenters. The van der Waals surface area contributed by atoms with Crippen molar-refractivity contribution in [2.24, 2.45) is 10.7 Å². The second-order valence-electron chi connectivity index (χ2n) is 5.98. The third-order valence-corrected chi connectivity index (χ3v) is 5.19. The number of nitriles is 1. The molecule has 0 bridgehead atoms. The van der Waals surface area contributed by atoms with E-state index in [-0.39, 0.29) is 5.96 Å². The predicted octanol–water partition coefficient (Wildman–Crippen LogP) is 5.67. The van der Waals surface area contributed by atoms with Crippen molar-refractivity contribution in [1.82, 2.24) is 14.5 Å². The van der Waals surface area contributed by atoms with Gasteiger partial charge in [0.05, 0.1) is 23.1 Å². The second kappa shape index (κ2) is 9.38. The molecule has 29 heavy (non-hydrogen) atoms. The first-order chi connectivity index (χ1) is 13.9. The molecule has 148 valence electrons. The van der Waals surface area contributed by atoms with Crippen LogP contribution in [0.4, 0.5) is 5.69 Å². The molecule has 0 spiro atoms. The zero-order valence-electron chi connectivity index (χ0n) is 14.8. The molecule has 1 heterocycles. The zero-order chi connectivity index (χ0) is 21.0. The van der Waals surface area contributed by atoms with E-state index in [0.29, 0.717) is 37.9 Å². The Hall–Kier alpha value is -2.43. The van der Waals surface area contributed by atoms with Crippen LogP contribution >= 0.6 is 46.4 Å². The Morgan fingerprint density at radius 2 is 1.86 bits per heavy atom. The van der Waals surface area contributed by atoms with Crippen molar-refractivity contribution in [2.75, 3.05) is 0 Å². The summed E-state index contributed by atoms with van der Waals surface area (Å²) in [6.07, 6.45) is 7.13. The summed E-state index contributed by atoms with van der Waals surface area (Å²) in [6, 6.07) is 9.28. The Labute approximate surface area is 187 Å². The summed E-state index contributed by atoms with van der Waals surface area (Å²) >= 11 is 24.6. The van der Waals surface area contributed by atoms with Gasteiger partial charge >= 0.3 is 0 Å². The SMILES string of the molecule is N#CN(C(N)=Nc1cc(Cl)ccc1Cl)C(Cn1ccnc1)c1ccc(Cl)cc1Cl. The molecule has 1 unspecified atom stereocenters. The minimum Gasteiger partial charge on any atom is -0.369 e. The molecule has 0 saturated heterocycles. The summed E-state index contributed by atoms with van der Waals surface area (Å²) < 4.78 is 1.81. The van der Waals surface area contributed by atoms with Crippen LogP contribution in [0.25, 0.3) is 0 Å². The van der Waals surface area contributed by atoms with Gasteiger partial charge in [-0.15, -0.1) is 0 Å². The van der Waals surface area contributed by atoms with E-state index >= 15 is 0 Å². The largest absolute Gasteiger partial charge is 0.369 e. The number of halogens is 4. The Morgan fingerprint density at radius 3 is 2.52 bits per heavy atom. The van der Waals surface area contributed by atoms with Gasteiger partial charge in [0, 0.05) is 34.0 Å². The lowest BCUT2D eigenvalue weighted by Gasteiger charge is -2.27. The standard InChI is InChI=1S/C19H14Cl4N6/c20-12-1-3-14(16(23)7-12)18(9-28-6-5-26-11-28)29(10-24)19(25)27-17-8-13(21)2-4-15(17)22/h1-8,11,18H,9H2,(H2,25,27). The molecule has 6 nitrogen and oxygen atoms in total. The summed E-state index contributed by atoms with van der Waals surface area (Å²) in [5.41, 5.74) is 7.19. The van der Waals surface area contributed by atoms with Gasteiger partial charge in [-0.25, -0.2) is 14.9 Å². The molecule has 0 amide bonds. The maximum absolute atomic E-state index is 9.87. The predicted molar refractivity (Wildman–Crippen MR) is 117 cm³/mol. The fraction of sp³-hybridized carbons (Fsp3) is 0.105. The van der Waals surface area contributed by atoms with Crippen LogP contribution in [0.5, 0.6) is 0 Å². The highest BCUT2D eigenvalue weighted by molar-refractivity contribution is 6.35. The van der Waals surface area contributed by atoms with E-state index in [1.807, 2.05) is 0 Å². The number of rotatable bonds is 5. The van der Waals surface area contributed by atoms with Crippen molar-refractivity contribution in [3.05, 3.63) is 80.8 Å². The zero-order valence-corrected chi connectivity index (χ0v) is 17.8. The number of hydrogen-bond donors (Lipinski definition) is 1. The summed E-state index contributed by atoms with van der Waals surface area (Å²) in [6.45, 7) is 0.342. The average Bonchev–Trinajstić information content (AvgIpc) is 3.18. The van der Waals surface area contributed by atoms with E-state index in [9.17, 15) is 5.26 Å². The maximum Gasteiger partial charge on any atom is 0.210 e. The number of hydrogen-bond acceptors (Lipinski definition) is 3. The molecular formula is C19H14Cl4N6. The highest BCUT2D eigenvalue weighted by Crippen LogP contribution is 2.32. The van der Waals surface area contributed by atoms with Crippen LogP contribution in [0.15, 0.2) is 60.1 Å². The number of imidazole rings is 1. The molecule has 10 heteroatoms. The number of aromatic nitrogens is 2. The van der Waals surface area contributed by atoms with Gasteiger partial charge in [-0.05, 0) is 35.9 Å². The Bertz CT molecular complexity index is 1070. The lowest BCUT2D eigenvalue weighted by atomic mass is 10.1. The Kier molecular flexibility index (Phi) is 6.88. The van der Waals surface area contributed by atoms with Gasteiger partial charge in [0.25, 0.3) is 0 Å². The quantitative estimate of drug-likeness (QED) is 0.227. The summed E-state index contributed by atoms with van der Waals surface area (Å²) in [5, 5.41) is 11.5. The van der Waals surface area contributed by atoms with E-state index in [1.165, 1.54) is 4.90 Å². The Morgan fingerprint density at radius 1 is 1.14 bits per heavy atom. The van der Waals surface area contributed by atoms with Gasteiger partial charge < -0.3 is 10.3 Å². The number of nitrogens with zero attached hydrogens (tertiary/aromatic N) is 5. The van der Waals surface area contributed by atoms with Crippen molar-refractivity contribution in [3.63, 3.8) is 0 Å². The topological polar surface area (TPSA) is 83.2 Å². The van der Waals surface area contributed by atoms with Crippen molar-refractivity contribution in [3.8, 4) is 6.19 Å². The fourth-order valence-electron chi connectivity index (χ4n) is 2.71. The molecule has 1 aromatic heterocycles. The molecule has 0 aliphatic rings. The molecular weight excluding hydrogens is 454 g/mol. The summed E-state index contributed by atoms with van der Waals surface area (Å²) in [4.78, 5) is 9.60. The maximum atomic E-state index is 9.87. The number of guanidine groups is 1. The van der Waals surface area contributed by atoms with E-state index in [1.54, 1.807) is 59.7 Å². The number of aliphatic imine (C=N–C) groups is 1. The lowest BCUT2D eigenvalue weighted by molar-refractivity contribution is 0.371. The van der Waals surface area contributed by atoms with E-state index in [0.717, 1.165) is 0 Å². The van der Waals surface area contributed by atoms with Crippen LogP contribution in [0.3, 0.4) is 0 Å². The van der Waals surface area contributed by atoms with Gasteiger partial charge in [0.2, 0.25) is 5.96 Å². The molecule has 2 aromatic carbocycles. The van der Waals surface area contributed by atoms with Crippen LogP contribution in [0, 0.1) is 11.5 Å². The highest BCUT2D eigenvalue weighted by Gasteiger charge is 2.26. The van der Waals surface area contributed by atoms with Crippen molar-refractivity contribution in [2.45, 2.75) is 12.6 Å². The third-order valence-electron chi connectivity index (χ3n) is 4.07. The van der Waals surface area contributed by atoms with Gasteiger partial charge in [0.1, 0.15) is 0 Å².